The maximum atomic E-state index is 13.0. The van der Waals surface area contributed by atoms with E-state index in [-0.39, 0.29) is 11.7 Å². The fourth-order valence-corrected chi connectivity index (χ4v) is 3.50. The molecule has 1 amide bonds. The average Bonchev–Trinajstić information content (AvgIpc) is 2.83. The maximum absolute atomic E-state index is 13.0. The number of methoxy groups -OCH3 is 1. The van der Waals surface area contributed by atoms with Gasteiger partial charge in [-0.05, 0) is 36.4 Å². The molecule has 0 atom stereocenters. The van der Waals surface area contributed by atoms with Gasteiger partial charge in [0, 0.05) is 5.56 Å². The van der Waals surface area contributed by atoms with Gasteiger partial charge in [0.1, 0.15) is 11.6 Å². The zero-order chi connectivity index (χ0) is 16.4. The van der Waals surface area contributed by atoms with E-state index in [1.165, 1.54) is 40.9 Å². The second kappa shape index (κ2) is 6.52. The fraction of sp³-hybridized carbons (Fsp3) is 0.0588. The van der Waals surface area contributed by atoms with Crippen LogP contribution in [0.5, 0.6) is 5.75 Å². The van der Waals surface area contributed by atoms with Crippen molar-refractivity contribution in [2.75, 3.05) is 12.0 Å². The standard InChI is InChI=1S/C17H12FNO2S2/c1-21-14-5-3-2-4-11(14)10-15-16(20)19(17(22)23-15)13-8-6-12(18)7-9-13/h2-10H,1H3/b15-10-. The lowest BCUT2D eigenvalue weighted by molar-refractivity contribution is -0.113. The summed E-state index contributed by atoms with van der Waals surface area (Å²) in [6.45, 7) is 0. The van der Waals surface area contributed by atoms with Crippen LogP contribution < -0.4 is 9.64 Å². The number of rotatable bonds is 3. The lowest BCUT2D eigenvalue weighted by Gasteiger charge is -2.14. The molecular formula is C17H12FNO2S2. The number of halogens is 1. The molecule has 2 aromatic rings. The number of para-hydroxylation sites is 1. The lowest BCUT2D eigenvalue weighted by Crippen LogP contribution is -2.27. The Labute approximate surface area is 142 Å². The number of amides is 1. The number of thiocarbonyl (C=S) groups is 1. The third-order valence-electron chi connectivity index (χ3n) is 3.30. The highest BCUT2D eigenvalue weighted by Gasteiger charge is 2.33. The van der Waals surface area contributed by atoms with Crippen molar-refractivity contribution in [2.24, 2.45) is 0 Å². The molecule has 0 aliphatic carbocycles. The first kappa shape index (κ1) is 15.7. The van der Waals surface area contributed by atoms with Crippen LogP contribution in [0.2, 0.25) is 0 Å². The molecule has 23 heavy (non-hydrogen) atoms. The van der Waals surface area contributed by atoms with E-state index in [4.69, 9.17) is 17.0 Å². The first-order chi connectivity index (χ1) is 11.1. The Morgan fingerprint density at radius 3 is 2.57 bits per heavy atom. The van der Waals surface area contributed by atoms with E-state index in [0.29, 0.717) is 20.7 Å². The molecule has 116 valence electrons. The maximum Gasteiger partial charge on any atom is 0.270 e. The number of hydrogen-bond donors (Lipinski definition) is 0. The summed E-state index contributed by atoms with van der Waals surface area (Å²) in [6.07, 6.45) is 1.75. The molecule has 0 unspecified atom stereocenters. The van der Waals surface area contributed by atoms with Crippen LogP contribution in [0.25, 0.3) is 6.08 Å². The van der Waals surface area contributed by atoms with Crippen molar-refractivity contribution in [1.82, 2.24) is 0 Å². The lowest BCUT2D eigenvalue weighted by atomic mass is 10.2. The van der Waals surface area contributed by atoms with Crippen LogP contribution in [0.15, 0.2) is 53.4 Å². The zero-order valence-corrected chi connectivity index (χ0v) is 13.8. The van der Waals surface area contributed by atoms with E-state index in [1.807, 2.05) is 24.3 Å². The van der Waals surface area contributed by atoms with E-state index >= 15 is 0 Å². The molecule has 0 N–H and O–H groups in total. The Kier molecular flexibility index (Phi) is 4.45. The third-order valence-corrected chi connectivity index (χ3v) is 4.61. The highest BCUT2D eigenvalue weighted by atomic mass is 32.2. The Bertz CT molecular complexity index is 802. The zero-order valence-electron chi connectivity index (χ0n) is 12.2. The molecule has 0 radical (unpaired) electrons. The van der Waals surface area contributed by atoms with Gasteiger partial charge in [-0.15, -0.1) is 0 Å². The second-order valence-corrected chi connectivity index (χ2v) is 6.41. The molecule has 0 saturated carbocycles. The summed E-state index contributed by atoms with van der Waals surface area (Å²) in [5, 5.41) is 0. The number of thioether (sulfide) groups is 1. The first-order valence-electron chi connectivity index (χ1n) is 6.76. The van der Waals surface area contributed by atoms with E-state index in [2.05, 4.69) is 0 Å². The number of carbonyl (C=O) groups is 1. The van der Waals surface area contributed by atoms with Crippen molar-refractivity contribution in [1.29, 1.82) is 0 Å². The quantitative estimate of drug-likeness (QED) is 0.615. The van der Waals surface area contributed by atoms with Gasteiger partial charge in [-0.3, -0.25) is 9.69 Å². The normalized spacial score (nSPS) is 16.3. The van der Waals surface area contributed by atoms with Gasteiger partial charge in [0.2, 0.25) is 0 Å². The molecule has 0 spiro atoms. The summed E-state index contributed by atoms with van der Waals surface area (Å²) in [6, 6.07) is 13.1. The fourth-order valence-electron chi connectivity index (χ4n) is 2.21. The van der Waals surface area contributed by atoms with Gasteiger partial charge in [-0.25, -0.2) is 4.39 Å². The highest BCUT2D eigenvalue weighted by Crippen LogP contribution is 2.37. The van der Waals surface area contributed by atoms with Crippen molar-refractivity contribution in [2.45, 2.75) is 0 Å². The van der Waals surface area contributed by atoms with Crippen LogP contribution in [0.4, 0.5) is 10.1 Å². The Morgan fingerprint density at radius 1 is 1.17 bits per heavy atom. The Balaban J connectivity index is 1.95. The molecule has 6 heteroatoms. The van der Waals surface area contributed by atoms with Crippen LogP contribution in [-0.4, -0.2) is 17.3 Å². The topological polar surface area (TPSA) is 29.5 Å². The van der Waals surface area contributed by atoms with Gasteiger partial charge in [0.15, 0.2) is 4.32 Å². The SMILES string of the molecule is COc1ccccc1/C=C1\SC(=S)N(c2ccc(F)cc2)C1=O. The minimum Gasteiger partial charge on any atom is -0.496 e. The van der Waals surface area contributed by atoms with Gasteiger partial charge in [0.05, 0.1) is 17.7 Å². The minimum absolute atomic E-state index is 0.225. The first-order valence-corrected chi connectivity index (χ1v) is 7.99. The molecule has 0 bridgehead atoms. The molecule has 3 rings (SSSR count). The Morgan fingerprint density at radius 2 is 1.87 bits per heavy atom. The summed E-state index contributed by atoms with van der Waals surface area (Å²) in [4.78, 5) is 14.5. The second-order valence-electron chi connectivity index (χ2n) is 4.74. The molecule has 0 aromatic heterocycles. The highest BCUT2D eigenvalue weighted by molar-refractivity contribution is 8.27. The van der Waals surface area contributed by atoms with Crippen molar-refractivity contribution in [3.63, 3.8) is 0 Å². The summed E-state index contributed by atoms with van der Waals surface area (Å²) in [5.41, 5.74) is 1.35. The van der Waals surface area contributed by atoms with Crippen LogP contribution in [0.3, 0.4) is 0 Å². The van der Waals surface area contributed by atoms with Gasteiger partial charge < -0.3 is 4.74 Å². The molecular weight excluding hydrogens is 333 g/mol. The number of hydrogen-bond acceptors (Lipinski definition) is 4. The molecule has 3 nitrogen and oxygen atoms in total. The molecule has 1 heterocycles. The minimum atomic E-state index is -0.358. The van der Waals surface area contributed by atoms with Crippen molar-refractivity contribution < 1.29 is 13.9 Å². The number of ether oxygens (including phenoxy) is 1. The average molecular weight is 345 g/mol. The molecule has 1 fully saturated rings. The third kappa shape index (κ3) is 3.13. The van der Waals surface area contributed by atoms with Gasteiger partial charge in [-0.1, -0.05) is 42.2 Å². The monoisotopic (exact) mass is 345 g/mol. The van der Waals surface area contributed by atoms with Crippen molar-refractivity contribution in [3.05, 3.63) is 64.8 Å². The molecule has 1 saturated heterocycles. The van der Waals surface area contributed by atoms with Crippen molar-refractivity contribution in [3.8, 4) is 5.75 Å². The number of benzene rings is 2. The summed E-state index contributed by atoms with van der Waals surface area (Å²) in [5.74, 6) is 0.0980. The van der Waals surface area contributed by atoms with Gasteiger partial charge >= 0.3 is 0 Å². The molecule has 2 aromatic carbocycles. The molecule has 1 aliphatic rings. The van der Waals surface area contributed by atoms with Crippen LogP contribution in [0.1, 0.15) is 5.56 Å². The van der Waals surface area contributed by atoms with E-state index in [9.17, 15) is 9.18 Å². The van der Waals surface area contributed by atoms with Crippen LogP contribution in [0, 0.1) is 5.82 Å². The van der Waals surface area contributed by atoms with Crippen molar-refractivity contribution >= 4 is 46.0 Å². The molecule has 1 aliphatic heterocycles. The largest absolute Gasteiger partial charge is 0.496 e. The number of carbonyl (C=O) groups excluding carboxylic acids is 1. The number of anilines is 1. The summed E-state index contributed by atoms with van der Waals surface area (Å²) in [7, 11) is 1.58. The predicted octanol–water partition coefficient (Wildman–Crippen LogP) is 4.24. The number of nitrogens with zero attached hydrogens (tertiary/aromatic N) is 1. The summed E-state index contributed by atoms with van der Waals surface area (Å²) >= 11 is 6.50. The predicted molar refractivity (Wildman–Crippen MR) is 95.0 cm³/mol. The summed E-state index contributed by atoms with van der Waals surface area (Å²) < 4.78 is 18.8. The van der Waals surface area contributed by atoms with E-state index in [0.717, 1.165) is 5.56 Å². The van der Waals surface area contributed by atoms with Crippen LogP contribution >= 0.6 is 24.0 Å². The van der Waals surface area contributed by atoms with Gasteiger partial charge in [-0.2, -0.15) is 0 Å². The van der Waals surface area contributed by atoms with E-state index in [1.54, 1.807) is 13.2 Å². The van der Waals surface area contributed by atoms with Crippen LogP contribution in [-0.2, 0) is 4.79 Å². The van der Waals surface area contributed by atoms with E-state index < -0.39 is 0 Å². The Hall–Kier alpha value is -2.18. The van der Waals surface area contributed by atoms with Gasteiger partial charge in [0.25, 0.3) is 5.91 Å². The smallest absolute Gasteiger partial charge is 0.270 e.